The number of carbonyl (C=O) groups excluding carboxylic acids is 1. The van der Waals surface area contributed by atoms with E-state index in [1.807, 2.05) is 43.3 Å². The van der Waals surface area contributed by atoms with E-state index in [9.17, 15) is 9.59 Å². The first-order chi connectivity index (χ1) is 15.5. The van der Waals surface area contributed by atoms with Crippen molar-refractivity contribution in [3.8, 4) is 5.75 Å². The van der Waals surface area contributed by atoms with E-state index >= 15 is 0 Å². The molecule has 32 heavy (non-hydrogen) atoms. The summed E-state index contributed by atoms with van der Waals surface area (Å²) in [5, 5.41) is 4.12. The molecule has 3 aromatic rings. The van der Waals surface area contributed by atoms with E-state index in [0.29, 0.717) is 29.4 Å². The lowest BCUT2D eigenvalue weighted by Crippen LogP contribution is -2.40. The molecule has 0 spiro atoms. The van der Waals surface area contributed by atoms with Crippen LogP contribution in [0.1, 0.15) is 54.1 Å². The highest BCUT2D eigenvalue weighted by molar-refractivity contribution is 5.94. The lowest BCUT2D eigenvalue weighted by Gasteiger charge is -2.28. The zero-order valence-electron chi connectivity index (χ0n) is 18.6. The summed E-state index contributed by atoms with van der Waals surface area (Å²) in [4.78, 5) is 24.3. The van der Waals surface area contributed by atoms with Gasteiger partial charge in [-0.1, -0.05) is 18.6 Å². The first kappa shape index (κ1) is 20.8. The number of ether oxygens (including phenoxy) is 1. The van der Waals surface area contributed by atoms with Crippen molar-refractivity contribution < 1.29 is 13.9 Å². The normalized spacial score (nSPS) is 22.8. The first-order valence-electron chi connectivity index (χ1n) is 11.5. The number of rotatable bonds is 6. The lowest BCUT2D eigenvalue weighted by atomic mass is 9.84. The van der Waals surface area contributed by atoms with Crippen LogP contribution in [0.15, 0.2) is 57.7 Å². The molecular formula is C27H29NO4. The highest BCUT2D eigenvalue weighted by Crippen LogP contribution is 2.49. The summed E-state index contributed by atoms with van der Waals surface area (Å²) >= 11 is 0. The number of benzene rings is 2. The highest BCUT2D eigenvalue weighted by atomic mass is 16.5. The number of aryl methyl sites for hydroxylation is 1. The average molecular weight is 432 g/mol. The van der Waals surface area contributed by atoms with Gasteiger partial charge in [-0.3, -0.25) is 4.79 Å². The van der Waals surface area contributed by atoms with Crippen molar-refractivity contribution in [2.45, 2.75) is 52.2 Å². The third kappa shape index (κ3) is 4.16. The molecule has 0 aliphatic heterocycles. The minimum Gasteiger partial charge on any atom is -0.489 e. The van der Waals surface area contributed by atoms with Crippen molar-refractivity contribution in [2.24, 2.45) is 17.8 Å². The molecule has 5 rings (SSSR count). The second-order valence-corrected chi connectivity index (χ2v) is 9.49. The Balaban J connectivity index is 1.19. The molecule has 1 heterocycles. The topological polar surface area (TPSA) is 68.5 Å². The van der Waals surface area contributed by atoms with Crippen LogP contribution in [0.4, 0.5) is 0 Å². The molecular weight excluding hydrogens is 402 g/mol. The average Bonchev–Trinajstić information content (AvgIpc) is 3.41. The van der Waals surface area contributed by atoms with E-state index in [-0.39, 0.29) is 17.6 Å². The van der Waals surface area contributed by atoms with Gasteiger partial charge in [-0.2, -0.15) is 0 Å². The van der Waals surface area contributed by atoms with Gasteiger partial charge in [0.05, 0.1) is 0 Å². The molecule has 2 aliphatic rings. The fourth-order valence-corrected chi connectivity index (χ4v) is 5.62. The number of amides is 1. The fraction of sp³-hybridized carbons (Fsp3) is 0.407. The Hall–Kier alpha value is -3.08. The zero-order valence-corrected chi connectivity index (χ0v) is 18.6. The van der Waals surface area contributed by atoms with Crippen LogP contribution < -0.4 is 15.7 Å². The van der Waals surface area contributed by atoms with E-state index in [4.69, 9.17) is 9.15 Å². The standard InChI is InChI=1S/C27H29NO4/c1-16-11-26(29)32-25-14-22(9-10-23(16)25)31-15-18-3-6-20(7-4-18)27(30)28-17(2)24-13-19-5-8-21(24)12-19/h3-4,6-7,9-11,14,17,19,21,24H,5,8,12-13,15H2,1-2H3,(H,28,30)/t17-,19-,21-,24-/m0/s1. The van der Waals surface area contributed by atoms with Gasteiger partial charge in [-0.05, 0) is 86.3 Å². The van der Waals surface area contributed by atoms with Gasteiger partial charge in [-0.15, -0.1) is 0 Å². The summed E-state index contributed by atoms with van der Waals surface area (Å²) in [5.74, 6) is 2.93. The number of fused-ring (bicyclic) bond motifs is 3. The van der Waals surface area contributed by atoms with Crippen molar-refractivity contribution in [1.82, 2.24) is 5.32 Å². The Morgan fingerprint density at radius 3 is 2.66 bits per heavy atom. The minimum atomic E-state index is -0.365. The third-order valence-corrected chi connectivity index (χ3v) is 7.34. The molecule has 2 aliphatic carbocycles. The van der Waals surface area contributed by atoms with Crippen molar-refractivity contribution in [1.29, 1.82) is 0 Å². The van der Waals surface area contributed by atoms with Gasteiger partial charge in [0.25, 0.3) is 5.91 Å². The summed E-state index contributed by atoms with van der Waals surface area (Å²) in [6.07, 6.45) is 5.31. The molecule has 2 fully saturated rings. The molecule has 1 amide bonds. The lowest BCUT2D eigenvalue weighted by molar-refractivity contribution is 0.0915. The molecule has 166 valence electrons. The maximum absolute atomic E-state index is 12.7. The Labute approximate surface area is 187 Å². The van der Waals surface area contributed by atoms with E-state index in [1.165, 1.54) is 31.7 Å². The Kier molecular flexibility index (Phi) is 5.50. The Morgan fingerprint density at radius 1 is 1.12 bits per heavy atom. The van der Waals surface area contributed by atoms with Gasteiger partial charge in [0.1, 0.15) is 17.9 Å². The molecule has 1 aromatic heterocycles. The maximum atomic E-state index is 12.7. The van der Waals surface area contributed by atoms with Gasteiger partial charge in [0.15, 0.2) is 0 Å². The van der Waals surface area contributed by atoms with Crippen LogP contribution in [0.3, 0.4) is 0 Å². The van der Waals surface area contributed by atoms with Crippen LogP contribution in [0.2, 0.25) is 0 Å². The monoisotopic (exact) mass is 431 g/mol. The van der Waals surface area contributed by atoms with Crippen molar-refractivity contribution in [2.75, 3.05) is 0 Å². The summed E-state index contributed by atoms with van der Waals surface area (Å²) in [6.45, 7) is 4.40. The van der Waals surface area contributed by atoms with Gasteiger partial charge < -0.3 is 14.5 Å². The van der Waals surface area contributed by atoms with E-state index < -0.39 is 0 Å². The van der Waals surface area contributed by atoms with Crippen molar-refractivity contribution in [3.05, 3.63) is 75.6 Å². The summed E-state index contributed by atoms with van der Waals surface area (Å²) in [5.41, 5.74) is 2.67. The zero-order chi connectivity index (χ0) is 22.2. The van der Waals surface area contributed by atoms with E-state index in [1.54, 1.807) is 6.07 Å². The van der Waals surface area contributed by atoms with Crippen LogP contribution in [0.5, 0.6) is 5.75 Å². The first-order valence-corrected chi connectivity index (χ1v) is 11.5. The molecule has 0 saturated heterocycles. The molecule has 0 unspecified atom stereocenters. The predicted octanol–water partition coefficient (Wildman–Crippen LogP) is 5.23. The van der Waals surface area contributed by atoms with Crippen LogP contribution >= 0.6 is 0 Å². The molecule has 2 bridgehead atoms. The molecule has 0 radical (unpaired) electrons. The van der Waals surface area contributed by atoms with Gasteiger partial charge in [0, 0.05) is 29.1 Å². The highest BCUT2D eigenvalue weighted by Gasteiger charge is 2.42. The quantitative estimate of drug-likeness (QED) is 0.542. The molecule has 5 heteroatoms. The van der Waals surface area contributed by atoms with Crippen molar-refractivity contribution in [3.63, 3.8) is 0 Å². The maximum Gasteiger partial charge on any atom is 0.336 e. The summed E-state index contributed by atoms with van der Waals surface area (Å²) in [6, 6.07) is 14.8. The van der Waals surface area contributed by atoms with Gasteiger partial charge in [-0.25, -0.2) is 4.79 Å². The molecule has 2 aromatic carbocycles. The number of nitrogens with one attached hydrogen (secondary N) is 1. The summed E-state index contributed by atoms with van der Waals surface area (Å²) in [7, 11) is 0. The second kappa shape index (κ2) is 8.45. The number of carbonyl (C=O) groups is 1. The molecule has 2 saturated carbocycles. The number of hydrogen-bond donors (Lipinski definition) is 1. The smallest absolute Gasteiger partial charge is 0.336 e. The van der Waals surface area contributed by atoms with Crippen LogP contribution in [0, 0.1) is 24.7 Å². The van der Waals surface area contributed by atoms with Crippen LogP contribution in [-0.4, -0.2) is 11.9 Å². The Bertz CT molecular complexity index is 1200. The fourth-order valence-electron chi connectivity index (χ4n) is 5.62. The van der Waals surface area contributed by atoms with Gasteiger partial charge >= 0.3 is 5.63 Å². The summed E-state index contributed by atoms with van der Waals surface area (Å²) < 4.78 is 11.2. The predicted molar refractivity (Wildman–Crippen MR) is 124 cm³/mol. The third-order valence-electron chi connectivity index (χ3n) is 7.34. The Morgan fingerprint density at radius 2 is 1.94 bits per heavy atom. The van der Waals surface area contributed by atoms with Crippen molar-refractivity contribution >= 4 is 16.9 Å². The van der Waals surface area contributed by atoms with Crippen LogP contribution in [-0.2, 0) is 6.61 Å². The van der Waals surface area contributed by atoms with E-state index in [0.717, 1.165) is 28.3 Å². The minimum absolute atomic E-state index is 0.00679. The van der Waals surface area contributed by atoms with Crippen LogP contribution in [0.25, 0.3) is 11.0 Å². The number of hydrogen-bond acceptors (Lipinski definition) is 4. The second-order valence-electron chi connectivity index (χ2n) is 9.49. The molecule has 1 N–H and O–H groups in total. The molecule has 4 atom stereocenters. The van der Waals surface area contributed by atoms with E-state index in [2.05, 4.69) is 12.2 Å². The molecule has 5 nitrogen and oxygen atoms in total. The van der Waals surface area contributed by atoms with Gasteiger partial charge in [0.2, 0.25) is 0 Å². The SMILES string of the molecule is Cc1cc(=O)oc2cc(OCc3ccc(C(=O)N[C@@H](C)[C@@H]4C[C@H]5CC[C@H]4C5)cc3)ccc12. The largest absolute Gasteiger partial charge is 0.489 e.